The van der Waals surface area contributed by atoms with Gasteiger partial charge in [0.1, 0.15) is 5.82 Å². The first-order valence-electron chi connectivity index (χ1n) is 9.96. The Hall–Kier alpha value is -2.46. The quantitative estimate of drug-likeness (QED) is 0.263. The molecule has 0 atom stereocenters. The summed E-state index contributed by atoms with van der Waals surface area (Å²) in [6.07, 6.45) is 3.74. The van der Waals surface area contributed by atoms with E-state index in [0.29, 0.717) is 31.2 Å². The predicted molar refractivity (Wildman–Crippen MR) is 134 cm³/mol. The van der Waals surface area contributed by atoms with Gasteiger partial charge in [0, 0.05) is 44.6 Å². The third kappa shape index (κ3) is 7.62. The number of nitrogens with zero attached hydrogens (tertiary/aromatic N) is 4. The molecule has 6 nitrogen and oxygen atoms in total. The first-order chi connectivity index (χ1) is 14.5. The highest BCUT2D eigenvalue weighted by Crippen LogP contribution is 2.13. The Bertz CT molecular complexity index is 972. The lowest BCUT2D eigenvalue weighted by atomic mass is 10.1. The molecule has 0 radical (unpaired) electrons. The Morgan fingerprint density at radius 1 is 1.03 bits per heavy atom. The maximum absolute atomic E-state index is 14.0. The van der Waals surface area contributed by atoms with Crippen molar-refractivity contribution in [2.24, 2.45) is 4.99 Å². The van der Waals surface area contributed by atoms with E-state index in [1.165, 1.54) is 17.2 Å². The summed E-state index contributed by atoms with van der Waals surface area (Å²) in [6.45, 7) is 2.50. The minimum Gasteiger partial charge on any atom is -0.352 e. The summed E-state index contributed by atoms with van der Waals surface area (Å²) in [6, 6.07) is 15.4. The van der Waals surface area contributed by atoms with Crippen molar-refractivity contribution in [3.8, 4) is 0 Å². The molecule has 8 heteroatoms. The van der Waals surface area contributed by atoms with Crippen LogP contribution in [-0.2, 0) is 26.2 Å². The van der Waals surface area contributed by atoms with Gasteiger partial charge in [-0.05, 0) is 49.0 Å². The lowest BCUT2D eigenvalue weighted by Gasteiger charge is -2.15. The Morgan fingerprint density at radius 3 is 2.45 bits per heavy atom. The van der Waals surface area contributed by atoms with Gasteiger partial charge in [-0.2, -0.15) is 5.10 Å². The van der Waals surface area contributed by atoms with Crippen LogP contribution < -0.4 is 10.6 Å². The maximum Gasteiger partial charge on any atom is 0.191 e. The lowest BCUT2D eigenvalue weighted by Crippen LogP contribution is -2.36. The Labute approximate surface area is 200 Å². The average Bonchev–Trinajstić information content (AvgIpc) is 3.24. The number of aliphatic imine (C=N–C) groups is 1. The molecule has 0 bridgehead atoms. The number of rotatable bonds is 8. The first kappa shape index (κ1) is 24.8. The molecule has 0 amide bonds. The van der Waals surface area contributed by atoms with Crippen LogP contribution >= 0.6 is 24.0 Å². The summed E-state index contributed by atoms with van der Waals surface area (Å²) < 4.78 is 15.9. The molecule has 0 saturated heterocycles. The largest absolute Gasteiger partial charge is 0.352 e. The molecule has 0 aliphatic heterocycles. The summed E-state index contributed by atoms with van der Waals surface area (Å²) in [5, 5.41) is 11.0. The van der Waals surface area contributed by atoms with Gasteiger partial charge in [-0.1, -0.05) is 30.3 Å². The van der Waals surface area contributed by atoms with E-state index in [2.05, 4.69) is 32.9 Å². The number of guanidine groups is 1. The van der Waals surface area contributed by atoms with Gasteiger partial charge in [-0.15, -0.1) is 24.0 Å². The molecule has 0 aliphatic carbocycles. The topological polar surface area (TPSA) is 57.5 Å². The molecule has 1 heterocycles. The van der Waals surface area contributed by atoms with E-state index in [1.807, 2.05) is 54.1 Å². The zero-order chi connectivity index (χ0) is 21.3. The third-order valence-corrected chi connectivity index (χ3v) is 4.74. The smallest absolute Gasteiger partial charge is 0.191 e. The van der Waals surface area contributed by atoms with Gasteiger partial charge in [0.2, 0.25) is 0 Å². The van der Waals surface area contributed by atoms with E-state index < -0.39 is 0 Å². The molecule has 3 rings (SSSR count). The normalized spacial score (nSPS) is 11.3. The van der Waals surface area contributed by atoms with Crippen molar-refractivity contribution in [1.82, 2.24) is 25.3 Å². The van der Waals surface area contributed by atoms with Gasteiger partial charge in [0.05, 0.1) is 6.54 Å². The summed E-state index contributed by atoms with van der Waals surface area (Å²) in [7, 11) is 5.60. The fourth-order valence-corrected chi connectivity index (χ4v) is 3.24. The van der Waals surface area contributed by atoms with Crippen LogP contribution in [0.15, 0.2) is 65.9 Å². The Morgan fingerprint density at radius 2 is 1.77 bits per heavy atom. The second-order valence-corrected chi connectivity index (χ2v) is 7.42. The highest BCUT2D eigenvalue weighted by Gasteiger charge is 2.07. The van der Waals surface area contributed by atoms with Crippen molar-refractivity contribution in [3.63, 3.8) is 0 Å². The van der Waals surface area contributed by atoms with E-state index in [4.69, 9.17) is 0 Å². The molecule has 1 aromatic heterocycles. The Kier molecular flexibility index (Phi) is 9.93. The summed E-state index contributed by atoms with van der Waals surface area (Å²) in [4.78, 5) is 6.26. The lowest BCUT2D eigenvalue weighted by molar-refractivity contribution is 0.392. The van der Waals surface area contributed by atoms with Crippen LogP contribution in [0.4, 0.5) is 4.39 Å². The zero-order valence-electron chi connectivity index (χ0n) is 18.2. The van der Waals surface area contributed by atoms with Crippen LogP contribution in [0.3, 0.4) is 0 Å². The third-order valence-electron chi connectivity index (χ3n) is 4.74. The molecular formula is C23H30FIN6. The average molecular weight is 536 g/mol. The van der Waals surface area contributed by atoms with Crippen LogP contribution in [0.25, 0.3) is 0 Å². The van der Waals surface area contributed by atoms with Crippen LogP contribution in [0.1, 0.15) is 22.3 Å². The standard InChI is InChI=1S/C23H29FN6.HI/c1-25-23(26-14-18-9-10-22(24)21(13-18)16-29(2)3)27-15-19-7-4-5-8-20(19)17-30-12-6-11-28-30;/h4-13H,14-17H2,1-3H3,(H2,25,26,27);1H. The van der Waals surface area contributed by atoms with Crippen molar-refractivity contribution in [2.45, 2.75) is 26.2 Å². The van der Waals surface area contributed by atoms with Crippen molar-refractivity contribution in [3.05, 3.63) is 89.0 Å². The second kappa shape index (κ2) is 12.4. The van der Waals surface area contributed by atoms with Gasteiger partial charge >= 0.3 is 0 Å². The molecule has 3 aromatic rings. The van der Waals surface area contributed by atoms with Crippen molar-refractivity contribution < 1.29 is 4.39 Å². The maximum atomic E-state index is 14.0. The minimum atomic E-state index is -0.177. The number of hydrogen-bond acceptors (Lipinski definition) is 3. The predicted octanol–water partition coefficient (Wildman–Crippen LogP) is 3.62. The van der Waals surface area contributed by atoms with E-state index in [0.717, 1.165) is 12.1 Å². The highest BCUT2D eigenvalue weighted by atomic mass is 127. The molecule has 2 aromatic carbocycles. The molecular weight excluding hydrogens is 506 g/mol. The highest BCUT2D eigenvalue weighted by molar-refractivity contribution is 14.0. The molecule has 0 saturated carbocycles. The summed E-state index contributed by atoms with van der Waals surface area (Å²) >= 11 is 0. The molecule has 2 N–H and O–H groups in total. The second-order valence-electron chi connectivity index (χ2n) is 7.42. The minimum absolute atomic E-state index is 0. The van der Waals surface area contributed by atoms with Crippen molar-refractivity contribution >= 4 is 29.9 Å². The van der Waals surface area contributed by atoms with Gasteiger partial charge in [-0.3, -0.25) is 9.67 Å². The monoisotopic (exact) mass is 536 g/mol. The van der Waals surface area contributed by atoms with E-state index in [-0.39, 0.29) is 29.8 Å². The van der Waals surface area contributed by atoms with Gasteiger partial charge in [0.25, 0.3) is 0 Å². The van der Waals surface area contributed by atoms with Crippen LogP contribution in [0.5, 0.6) is 0 Å². The van der Waals surface area contributed by atoms with Crippen molar-refractivity contribution in [1.29, 1.82) is 0 Å². The van der Waals surface area contributed by atoms with Gasteiger partial charge < -0.3 is 15.5 Å². The van der Waals surface area contributed by atoms with Crippen LogP contribution in [0.2, 0.25) is 0 Å². The summed E-state index contributed by atoms with van der Waals surface area (Å²) in [5.41, 5.74) is 4.09. The number of halogens is 2. The summed E-state index contributed by atoms with van der Waals surface area (Å²) in [5.74, 6) is 0.520. The van der Waals surface area contributed by atoms with Gasteiger partial charge in [0.15, 0.2) is 5.96 Å². The fourth-order valence-electron chi connectivity index (χ4n) is 3.24. The number of hydrogen-bond donors (Lipinski definition) is 2. The van der Waals surface area contributed by atoms with Gasteiger partial charge in [-0.25, -0.2) is 4.39 Å². The van der Waals surface area contributed by atoms with Crippen molar-refractivity contribution in [2.75, 3.05) is 21.1 Å². The number of nitrogens with one attached hydrogen (secondary N) is 2. The SMILES string of the molecule is CN=C(NCc1ccc(F)c(CN(C)C)c1)NCc1ccccc1Cn1cccn1.I. The van der Waals surface area contributed by atoms with E-state index in [9.17, 15) is 4.39 Å². The molecule has 0 fully saturated rings. The van der Waals surface area contributed by atoms with E-state index in [1.54, 1.807) is 19.3 Å². The Balaban J connectivity index is 0.00000341. The number of benzene rings is 2. The molecule has 0 aliphatic rings. The number of aromatic nitrogens is 2. The molecule has 0 spiro atoms. The zero-order valence-corrected chi connectivity index (χ0v) is 20.5. The van der Waals surface area contributed by atoms with Crippen LogP contribution in [0, 0.1) is 5.82 Å². The van der Waals surface area contributed by atoms with E-state index >= 15 is 0 Å². The molecule has 31 heavy (non-hydrogen) atoms. The molecule has 166 valence electrons. The molecule has 0 unspecified atom stereocenters. The van der Waals surface area contributed by atoms with Crippen LogP contribution in [-0.4, -0.2) is 41.8 Å². The first-order valence-corrected chi connectivity index (χ1v) is 9.96. The fraction of sp³-hybridized carbons (Fsp3) is 0.304.